The Morgan fingerprint density at radius 1 is 1.32 bits per heavy atom. The van der Waals surface area contributed by atoms with Crippen molar-refractivity contribution >= 4 is 22.5 Å². The normalized spacial score (nSPS) is 12.7. The van der Waals surface area contributed by atoms with Crippen molar-refractivity contribution in [2.75, 3.05) is 6.54 Å². The van der Waals surface area contributed by atoms with Crippen molar-refractivity contribution < 1.29 is 0 Å². The van der Waals surface area contributed by atoms with Crippen molar-refractivity contribution in [2.24, 2.45) is 0 Å². The van der Waals surface area contributed by atoms with Gasteiger partial charge in [-0.2, -0.15) is 0 Å². The number of nitrogens with one attached hydrogen (secondary N) is 1. The molecule has 0 fully saturated rings. The van der Waals surface area contributed by atoms with E-state index in [2.05, 4.69) is 19.2 Å². The summed E-state index contributed by atoms with van der Waals surface area (Å²) in [7, 11) is 0. The second-order valence-corrected chi connectivity index (χ2v) is 5.89. The number of hydrogen-bond acceptors (Lipinski definition) is 3. The van der Waals surface area contributed by atoms with Crippen molar-refractivity contribution in [3.63, 3.8) is 0 Å². The summed E-state index contributed by atoms with van der Waals surface area (Å²) in [5, 5.41) is 4.74. The molecular weight excluding hydrogens is 298 g/mol. The van der Waals surface area contributed by atoms with Gasteiger partial charge in [-0.1, -0.05) is 31.9 Å². The fraction of sp³-hybridized carbons (Fsp3) is 0.529. The molecule has 2 rings (SSSR count). The number of fused-ring (bicyclic) bond motifs is 1. The minimum Gasteiger partial charge on any atom is -0.307 e. The van der Waals surface area contributed by atoms with Crippen LogP contribution in [0.4, 0.5) is 0 Å². The van der Waals surface area contributed by atoms with E-state index >= 15 is 0 Å². The zero-order valence-electron chi connectivity index (χ0n) is 13.5. The van der Waals surface area contributed by atoms with Gasteiger partial charge in [0.25, 0.3) is 5.56 Å². The lowest BCUT2D eigenvalue weighted by molar-refractivity contribution is 0.458. The predicted molar refractivity (Wildman–Crippen MR) is 92.6 cm³/mol. The first-order valence-electron chi connectivity index (χ1n) is 8.05. The molecule has 1 heterocycles. The maximum Gasteiger partial charge on any atom is 0.261 e. The zero-order chi connectivity index (χ0) is 16.1. The molecule has 1 N–H and O–H groups in total. The van der Waals surface area contributed by atoms with Gasteiger partial charge < -0.3 is 5.32 Å². The van der Waals surface area contributed by atoms with Crippen molar-refractivity contribution in [1.82, 2.24) is 14.9 Å². The highest BCUT2D eigenvalue weighted by molar-refractivity contribution is 6.31. The van der Waals surface area contributed by atoms with Gasteiger partial charge in [0.15, 0.2) is 0 Å². The molecule has 0 aliphatic heterocycles. The monoisotopic (exact) mass is 321 g/mol. The lowest BCUT2D eigenvalue weighted by Crippen LogP contribution is -2.32. The molecule has 2 aromatic rings. The molecule has 4 nitrogen and oxygen atoms in total. The summed E-state index contributed by atoms with van der Waals surface area (Å²) in [6, 6.07) is 5.35. The van der Waals surface area contributed by atoms with Crippen molar-refractivity contribution in [2.45, 2.75) is 52.6 Å². The average molecular weight is 322 g/mol. The van der Waals surface area contributed by atoms with Gasteiger partial charge in [0.1, 0.15) is 5.82 Å². The summed E-state index contributed by atoms with van der Waals surface area (Å²) >= 11 is 6.05. The van der Waals surface area contributed by atoms with Crippen LogP contribution >= 0.6 is 11.6 Å². The van der Waals surface area contributed by atoms with Crippen LogP contribution in [0.2, 0.25) is 5.02 Å². The maximum absolute atomic E-state index is 12.7. The first-order valence-corrected chi connectivity index (χ1v) is 8.43. The molecule has 5 heteroatoms. The fourth-order valence-electron chi connectivity index (χ4n) is 2.65. The highest BCUT2D eigenvalue weighted by Crippen LogP contribution is 2.19. The van der Waals surface area contributed by atoms with Gasteiger partial charge in [0.2, 0.25) is 0 Å². The summed E-state index contributed by atoms with van der Waals surface area (Å²) in [5.74, 6) is 0.806. The third-order valence-corrected chi connectivity index (χ3v) is 4.14. The third-order valence-electron chi connectivity index (χ3n) is 3.90. The SMILES string of the molecule is CCCCN[C@H](CC)c1nc2cc(Cl)ccc2c(=O)n1CC. The second kappa shape index (κ2) is 7.75. The number of rotatable bonds is 7. The Kier molecular flexibility index (Phi) is 5.98. The molecular formula is C17H24ClN3O. The molecule has 120 valence electrons. The van der Waals surface area contributed by atoms with Crippen LogP contribution in [0.25, 0.3) is 10.9 Å². The topological polar surface area (TPSA) is 46.9 Å². The Bertz CT molecular complexity index is 696. The van der Waals surface area contributed by atoms with Crippen LogP contribution in [0, 0.1) is 0 Å². The molecule has 22 heavy (non-hydrogen) atoms. The van der Waals surface area contributed by atoms with Crippen LogP contribution in [0.3, 0.4) is 0 Å². The molecule has 1 aromatic carbocycles. The van der Waals surface area contributed by atoms with Gasteiger partial charge in [-0.3, -0.25) is 9.36 Å². The first-order chi connectivity index (χ1) is 10.6. The Morgan fingerprint density at radius 2 is 2.09 bits per heavy atom. The molecule has 0 saturated carbocycles. The summed E-state index contributed by atoms with van der Waals surface area (Å²) in [4.78, 5) is 17.4. The molecule has 1 aromatic heterocycles. The van der Waals surface area contributed by atoms with Gasteiger partial charge in [-0.15, -0.1) is 0 Å². The van der Waals surface area contributed by atoms with E-state index in [-0.39, 0.29) is 11.6 Å². The quantitative estimate of drug-likeness (QED) is 0.786. The lowest BCUT2D eigenvalue weighted by Gasteiger charge is -2.21. The van der Waals surface area contributed by atoms with Crippen molar-refractivity contribution in [1.29, 1.82) is 0 Å². The molecule has 0 aliphatic carbocycles. The van der Waals surface area contributed by atoms with Crippen LogP contribution in [-0.4, -0.2) is 16.1 Å². The fourth-order valence-corrected chi connectivity index (χ4v) is 2.82. The van der Waals surface area contributed by atoms with Crippen molar-refractivity contribution in [3.05, 3.63) is 39.4 Å². The summed E-state index contributed by atoms with van der Waals surface area (Å²) in [6.07, 6.45) is 3.15. The van der Waals surface area contributed by atoms with Gasteiger partial charge in [0.05, 0.1) is 16.9 Å². The standard InChI is InChI=1S/C17H24ClN3O/c1-4-7-10-19-14(5-2)16-20-15-11-12(18)8-9-13(15)17(22)21(16)6-3/h8-9,11,14,19H,4-7,10H2,1-3H3/t14-/m1/s1. The van der Waals surface area contributed by atoms with Gasteiger partial charge in [0, 0.05) is 11.6 Å². The van der Waals surface area contributed by atoms with Gasteiger partial charge in [-0.05, 0) is 44.5 Å². The number of nitrogens with zero attached hydrogens (tertiary/aromatic N) is 2. The zero-order valence-corrected chi connectivity index (χ0v) is 14.3. The van der Waals surface area contributed by atoms with Crippen LogP contribution in [-0.2, 0) is 6.54 Å². The van der Waals surface area contributed by atoms with Gasteiger partial charge in [-0.25, -0.2) is 4.98 Å². The highest BCUT2D eigenvalue weighted by atomic mass is 35.5. The van der Waals surface area contributed by atoms with E-state index in [0.29, 0.717) is 22.5 Å². The van der Waals surface area contributed by atoms with Crippen LogP contribution in [0.15, 0.2) is 23.0 Å². The van der Waals surface area contributed by atoms with Crippen molar-refractivity contribution in [3.8, 4) is 0 Å². The van der Waals surface area contributed by atoms with E-state index < -0.39 is 0 Å². The average Bonchev–Trinajstić information content (AvgIpc) is 2.51. The number of unbranched alkanes of at least 4 members (excludes halogenated alkanes) is 1. The molecule has 0 spiro atoms. The Balaban J connectivity index is 2.52. The van der Waals surface area contributed by atoms with E-state index in [9.17, 15) is 4.79 Å². The molecule has 0 amide bonds. The van der Waals surface area contributed by atoms with E-state index in [1.54, 1.807) is 22.8 Å². The van der Waals surface area contributed by atoms with E-state index in [1.165, 1.54) is 0 Å². The first kappa shape index (κ1) is 17.0. The molecule has 0 saturated heterocycles. The van der Waals surface area contributed by atoms with Crippen LogP contribution in [0.5, 0.6) is 0 Å². The minimum absolute atomic E-state index is 0.00917. The molecule has 0 radical (unpaired) electrons. The second-order valence-electron chi connectivity index (χ2n) is 5.45. The lowest BCUT2D eigenvalue weighted by atomic mass is 10.1. The van der Waals surface area contributed by atoms with Crippen LogP contribution < -0.4 is 10.9 Å². The molecule has 0 unspecified atom stereocenters. The molecule has 1 atom stereocenters. The summed E-state index contributed by atoms with van der Waals surface area (Å²) < 4.78 is 1.77. The Hall–Kier alpha value is -1.39. The Labute approximate surface area is 136 Å². The number of aromatic nitrogens is 2. The minimum atomic E-state index is 0.00917. The number of benzene rings is 1. The maximum atomic E-state index is 12.7. The number of halogens is 1. The predicted octanol–water partition coefficient (Wildman–Crippen LogP) is 3.91. The van der Waals surface area contributed by atoms with E-state index in [4.69, 9.17) is 16.6 Å². The highest BCUT2D eigenvalue weighted by Gasteiger charge is 2.17. The van der Waals surface area contributed by atoms with E-state index in [1.807, 2.05) is 6.92 Å². The summed E-state index contributed by atoms with van der Waals surface area (Å²) in [6.45, 7) is 7.81. The molecule has 0 aliphatic rings. The smallest absolute Gasteiger partial charge is 0.261 e. The number of hydrogen-bond donors (Lipinski definition) is 1. The Morgan fingerprint density at radius 3 is 2.73 bits per heavy atom. The van der Waals surface area contributed by atoms with Crippen LogP contribution in [0.1, 0.15) is 51.9 Å². The summed E-state index contributed by atoms with van der Waals surface area (Å²) in [5.41, 5.74) is 0.683. The third kappa shape index (κ3) is 3.50. The molecule has 0 bridgehead atoms. The van der Waals surface area contributed by atoms with Gasteiger partial charge >= 0.3 is 0 Å². The largest absolute Gasteiger partial charge is 0.307 e. The van der Waals surface area contributed by atoms with E-state index in [0.717, 1.165) is 31.6 Å².